The summed E-state index contributed by atoms with van der Waals surface area (Å²) >= 11 is 0. The molecule has 0 fully saturated rings. The Morgan fingerprint density at radius 2 is 1.95 bits per heavy atom. The van der Waals surface area contributed by atoms with E-state index < -0.39 is 0 Å². The number of phenolic OH excluding ortho intramolecular Hbond substituents is 1. The summed E-state index contributed by atoms with van der Waals surface area (Å²) < 4.78 is 1.90. The second-order valence-electron chi connectivity index (χ2n) is 5.25. The zero-order chi connectivity index (χ0) is 14.7. The first kappa shape index (κ1) is 14.6. The highest BCUT2D eigenvalue weighted by molar-refractivity contribution is 5.28. The van der Waals surface area contributed by atoms with Crippen LogP contribution in [0.1, 0.15) is 49.2 Å². The summed E-state index contributed by atoms with van der Waals surface area (Å²) in [6.07, 6.45) is 2.92. The van der Waals surface area contributed by atoms with Crippen molar-refractivity contribution >= 4 is 0 Å². The number of nitrogens with zero attached hydrogens (tertiary/aromatic N) is 2. The SMILES string of the molecule is CCC(NC(C)c1cnn(C)c1C)c1ccc(O)cc1. The molecule has 1 aromatic heterocycles. The molecule has 2 rings (SSSR count). The zero-order valence-corrected chi connectivity index (χ0v) is 12.6. The summed E-state index contributed by atoms with van der Waals surface area (Å²) in [7, 11) is 1.96. The van der Waals surface area contributed by atoms with Gasteiger partial charge < -0.3 is 10.4 Å². The third-order valence-electron chi connectivity index (χ3n) is 3.89. The molecular formula is C16H23N3O. The van der Waals surface area contributed by atoms with Crippen LogP contribution in [0.25, 0.3) is 0 Å². The number of aromatic hydroxyl groups is 1. The lowest BCUT2D eigenvalue weighted by atomic mass is 10.0. The molecule has 0 aliphatic carbocycles. The van der Waals surface area contributed by atoms with Crippen LogP contribution in [0, 0.1) is 6.92 Å². The lowest BCUT2D eigenvalue weighted by Crippen LogP contribution is -2.24. The van der Waals surface area contributed by atoms with Crippen molar-refractivity contribution in [3.05, 3.63) is 47.3 Å². The van der Waals surface area contributed by atoms with Gasteiger partial charge in [-0.1, -0.05) is 19.1 Å². The maximum Gasteiger partial charge on any atom is 0.115 e. The smallest absolute Gasteiger partial charge is 0.115 e. The van der Waals surface area contributed by atoms with Crippen LogP contribution >= 0.6 is 0 Å². The number of phenols is 1. The molecule has 4 nitrogen and oxygen atoms in total. The summed E-state index contributed by atoms with van der Waals surface area (Å²) in [5, 5.41) is 17.3. The Hall–Kier alpha value is -1.81. The molecule has 0 bridgehead atoms. The largest absolute Gasteiger partial charge is 0.508 e. The van der Waals surface area contributed by atoms with Gasteiger partial charge in [-0.25, -0.2) is 0 Å². The zero-order valence-electron chi connectivity index (χ0n) is 12.6. The molecular weight excluding hydrogens is 250 g/mol. The topological polar surface area (TPSA) is 50.1 Å². The Kier molecular flexibility index (Phi) is 4.45. The summed E-state index contributed by atoms with van der Waals surface area (Å²) in [4.78, 5) is 0. The minimum absolute atomic E-state index is 0.238. The van der Waals surface area contributed by atoms with Crippen molar-refractivity contribution in [3.63, 3.8) is 0 Å². The van der Waals surface area contributed by atoms with Crippen LogP contribution in [0.15, 0.2) is 30.5 Å². The van der Waals surface area contributed by atoms with E-state index in [9.17, 15) is 5.11 Å². The third kappa shape index (κ3) is 3.02. The average Bonchev–Trinajstić information content (AvgIpc) is 2.77. The monoisotopic (exact) mass is 273 g/mol. The Bertz CT molecular complexity index is 560. The van der Waals surface area contributed by atoms with Crippen molar-refractivity contribution in [2.45, 2.75) is 39.3 Å². The standard InChI is InChI=1S/C16H23N3O/c1-5-16(13-6-8-14(20)9-7-13)18-11(2)15-10-17-19(4)12(15)3/h6-11,16,18,20H,5H2,1-4H3. The number of hydrogen-bond donors (Lipinski definition) is 2. The van der Waals surface area contributed by atoms with Crippen molar-refractivity contribution in [2.24, 2.45) is 7.05 Å². The predicted molar refractivity (Wildman–Crippen MR) is 80.6 cm³/mol. The molecule has 0 aliphatic rings. The van der Waals surface area contributed by atoms with Gasteiger partial charge in [-0.15, -0.1) is 0 Å². The van der Waals surface area contributed by atoms with E-state index in [0.29, 0.717) is 5.75 Å². The molecule has 20 heavy (non-hydrogen) atoms. The number of hydrogen-bond acceptors (Lipinski definition) is 3. The van der Waals surface area contributed by atoms with Gasteiger partial charge in [0.15, 0.2) is 0 Å². The summed E-state index contributed by atoms with van der Waals surface area (Å²) in [5.74, 6) is 0.305. The predicted octanol–water partition coefficient (Wildman–Crippen LogP) is 3.24. The fourth-order valence-corrected chi connectivity index (χ4v) is 2.49. The molecule has 2 unspecified atom stereocenters. The highest BCUT2D eigenvalue weighted by atomic mass is 16.3. The maximum absolute atomic E-state index is 9.38. The normalized spacial score (nSPS) is 14.2. The minimum atomic E-state index is 0.238. The number of nitrogens with one attached hydrogen (secondary N) is 1. The second kappa shape index (κ2) is 6.09. The molecule has 4 heteroatoms. The quantitative estimate of drug-likeness (QED) is 0.879. The second-order valence-corrected chi connectivity index (χ2v) is 5.25. The highest BCUT2D eigenvalue weighted by Gasteiger charge is 2.17. The van der Waals surface area contributed by atoms with Crippen molar-refractivity contribution in [1.82, 2.24) is 15.1 Å². The van der Waals surface area contributed by atoms with Gasteiger partial charge in [0.1, 0.15) is 5.75 Å². The van der Waals surface area contributed by atoms with Gasteiger partial charge in [0.05, 0.1) is 6.20 Å². The molecule has 2 N–H and O–H groups in total. The van der Waals surface area contributed by atoms with Gasteiger partial charge in [0.2, 0.25) is 0 Å². The lowest BCUT2D eigenvalue weighted by Gasteiger charge is -2.23. The van der Waals surface area contributed by atoms with Gasteiger partial charge >= 0.3 is 0 Å². The van der Waals surface area contributed by atoms with Gasteiger partial charge in [-0.2, -0.15) is 5.10 Å². The Balaban J connectivity index is 2.14. The molecule has 0 radical (unpaired) electrons. The van der Waals surface area contributed by atoms with Crippen molar-refractivity contribution in [2.75, 3.05) is 0 Å². The average molecular weight is 273 g/mol. The minimum Gasteiger partial charge on any atom is -0.508 e. The number of rotatable bonds is 5. The van der Waals surface area contributed by atoms with E-state index in [1.54, 1.807) is 12.1 Å². The summed E-state index contributed by atoms with van der Waals surface area (Å²) in [6, 6.07) is 7.92. The highest BCUT2D eigenvalue weighted by Crippen LogP contribution is 2.24. The van der Waals surface area contributed by atoms with Gasteiger partial charge in [0.25, 0.3) is 0 Å². The number of aromatic nitrogens is 2. The molecule has 2 aromatic rings. The Morgan fingerprint density at radius 3 is 2.45 bits per heavy atom. The summed E-state index contributed by atoms with van der Waals surface area (Å²) in [5.41, 5.74) is 3.61. The molecule has 0 aliphatic heterocycles. The van der Waals surface area contributed by atoms with E-state index in [1.165, 1.54) is 16.8 Å². The van der Waals surface area contributed by atoms with Crippen LogP contribution in [-0.4, -0.2) is 14.9 Å². The van der Waals surface area contributed by atoms with Gasteiger partial charge in [-0.3, -0.25) is 4.68 Å². The fraction of sp³-hybridized carbons (Fsp3) is 0.438. The van der Waals surface area contributed by atoms with Crippen molar-refractivity contribution in [3.8, 4) is 5.75 Å². The van der Waals surface area contributed by atoms with E-state index >= 15 is 0 Å². The molecule has 2 atom stereocenters. The van der Waals surface area contributed by atoms with E-state index in [0.717, 1.165) is 6.42 Å². The molecule has 0 saturated heterocycles. The van der Waals surface area contributed by atoms with Gasteiger partial charge in [-0.05, 0) is 38.0 Å². The van der Waals surface area contributed by atoms with E-state index in [4.69, 9.17) is 0 Å². The molecule has 1 heterocycles. The van der Waals surface area contributed by atoms with Crippen LogP contribution in [0.5, 0.6) is 5.75 Å². The molecule has 1 aromatic carbocycles. The third-order valence-corrected chi connectivity index (χ3v) is 3.89. The number of benzene rings is 1. The fourth-order valence-electron chi connectivity index (χ4n) is 2.49. The lowest BCUT2D eigenvalue weighted by molar-refractivity contribution is 0.452. The van der Waals surface area contributed by atoms with Crippen LogP contribution in [0.2, 0.25) is 0 Å². The molecule has 108 valence electrons. The van der Waals surface area contributed by atoms with Crippen molar-refractivity contribution < 1.29 is 5.11 Å². The van der Waals surface area contributed by atoms with Crippen LogP contribution in [-0.2, 0) is 7.05 Å². The first-order valence-corrected chi connectivity index (χ1v) is 7.06. The van der Waals surface area contributed by atoms with E-state index in [1.807, 2.05) is 30.1 Å². The maximum atomic E-state index is 9.38. The first-order valence-electron chi connectivity index (χ1n) is 7.06. The van der Waals surface area contributed by atoms with E-state index in [-0.39, 0.29) is 12.1 Å². The van der Waals surface area contributed by atoms with Crippen molar-refractivity contribution in [1.29, 1.82) is 0 Å². The van der Waals surface area contributed by atoms with E-state index in [2.05, 4.69) is 31.2 Å². The molecule has 0 saturated carbocycles. The first-order chi connectivity index (χ1) is 9.52. The Morgan fingerprint density at radius 1 is 1.30 bits per heavy atom. The number of aryl methyl sites for hydroxylation is 1. The molecule has 0 amide bonds. The summed E-state index contributed by atoms with van der Waals surface area (Å²) in [6.45, 7) is 6.41. The molecule has 0 spiro atoms. The Labute approximate surface area is 120 Å². The van der Waals surface area contributed by atoms with Gasteiger partial charge in [0, 0.05) is 30.4 Å². The van der Waals surface area contributed by atoms with Crippen LogP contribution in [0.3, 0.4) is 0 Å². The van der Waals surface area contributed by atoms with Crippen LogP contribution < -0.4 is 5.32 Å². The van der Waals surface area contributed by atoms with Crippen LogP contribution in [0.4, 0.5) is 0 Å².